The van der Waals surface area contributed by atoms with Gasteiger partial charge in [0.15, 0.2) is 0 Å². The van der Waals surface area contributed by atoms with Crippen LogP contribution in [0.15, 0.2) is 12.1 Å². The van der Waals surface area contributed by atoms with Gasteiger partial charge in [-0.1, -0.05) is 6.07 Å². The third-order valence-corrected chi connectivity index (χ3v) is 5.38. The average Bonchev–Trinajstić information content (AvgIpc) is 2.89. The zero-order chi connectivity index (χ0) is 12.3. The summed E-state index contributed by atoms with van der Waals surface area (Å²) in [5.74, 6) is 0.816. The van der Waals surface area contributed by atoms with Gasteiger partial charge in [-0.15, -0.1) is 11.3 Å². The lowest BCUT2D eigenvalue weighted by Gasteiger charge is -2.32. The monoisotopic (exact) mass is 250 g/mol. The van der Waals surface area contributed by atoms with Gasteiger partial charge in [0, 0.05) is 9.65 Å². The summed E-state index contributed by atoms with van der Waals surface area (Å²) in [5, 5.41) is 0. The molecule has 0 unspecified atom stereocenters. The van der Waals surface area contributed by atoms with Crippen molar-refractivity contribution in [3.63, 3.8) is 0 Å². The van der Waals surface area contributed by atoms with E-state index < -0.39 is 0 Å². The first-order valence-corrected chi connectivity index (χ1v) is 7.16. The largest absolute Gasteiger partial charge is 0.505 e. The quantitative estimate of drug-likeness (QED) is 0.751. The molecule has 2 heterocycles. The number of hydrogen-bond acceptors (Lipinski definition) is 3. The predicted octanol–water partition coefficient (Wildman–Crippen LogP) is 2.92. The fraction of sp³-hybridized carbons (Fsp3) is 0.692. The fourth-order valence-electron chi connectivity index (χ4n) is 2.04. The smallest absolute Gasteiger partial charge is 0.399 e. The molecular weight excluding hydrogens is 231 g/mol. The molecule has 2 nitrogen and oxygen atoms in total. The highest BCUT2D eigenvalue weighted by molar-refractivity contribution is 7.22. The summed E-state index contributed by atoms with van der Waals surface area (Å²) in [5.41, 5.74) is -0.469. The lowest BCUT2D eigenvalue weighted by Crippen LogP contribution is -2.41. The summed E-state index contributed by atoms with van der Waals surface area (Å²) in [4.78, 5) is 1.50. The van der Waals surface area contributed by atoms with Crippen LogP contribution in [0.4, 0.5) is 0 Å². The van der Waals surface area contributed by atoms with Crippen molar-refractivity contribution in [2.75, 3.05) is 0 Å². The second kappa shape index (κ2) is 3.59. The Labute approximate surface area is 107 Å². The lowest BCUT2D eigenvalue weighted by molar-refractivity contribution is 0.00578. The Kier molecular flexibility index (Phi) is 2.48. The molecule has 0 amide bonds. The molecule has 0 radical (unpaired) electrons. The van der Waals surface area contributed by atoms with Crippen LogP contribution >= 0.6 is 11.3 Å². The van der Waals surface area contributed by atoms with Crippen LogP contribution in [0.3, 0.4) is 0 Å². The second-order valence-corrected chi connectivity index (χ2v) is 7.25. The molecule has 92 valence electrons. The maximum absolute atomic E-state index is 6.05. The molecule has 1 aromatic heterocycles. The van der Waals surface area contributed by atoms with Gasteiger partial charge < -0.3 is 9.31 Å². The highest BCUT2D eigenvalue weighted by Gasteiger charge is 2.52. The van der Waals surface area contributed by atoms with Crippen LogP contribution < -0.4 is 4.78 Å². The zero-order valence-electron chi connectivity index (χ0n) is 10.9. The first kappa shape index (κ1) is 11.8. The van der Waals surface area contributed by atoms with Gasteiger partial charge in [-0.2, -0.15) is 0 Å². The first-order valence-electron chi connectivity index (χ1n) is 6.34. The van der Waals surface area contributed by atoms with Gasteiger partial charge in [0.25, 0.3) is 0 Å². The second-order valence-electron chi connectivity index (χ2n) is 6.10. The van der Waals surface area contributed by atoms with Gasteiger partial charge in [0.1, 0.15) is 0 Å². The number of rotatable bonds is 2. The Morgan fingerprint density at radius 2 is 1.71 bits per heavy atom. The fourth-order valence-corrected chi connectivity index (χ4v) is 3.18. The van der Waals surface area contributed by atoms with Crippen LogP contribution in [0, 0.1) is 0 Å². The van der Waals surface area contributed by atoms with E-state index in [1.807, 2.05) is 11.3 Å². The van der Waals surface area contributed by atoms with E-state index in [9.17, 15) is 0 Å². The van der Waals surface area contributed by atoms with Crippen molar-refractivity contribution < 1.29 is 9.31 Å². The van der Waals surface area contributed by atoms with Crippen molar-refractivity contribution in [2.45, 2.75) is 57.7 Å². The van der Waals surface area contributed by atoms with Crippen molar-refractivity contribution in [3.05, 3.63) is 17.0 Å². The maximum atomic E-state index is 6.05. The molecule has 4 heteroatoms. The summed E-state index contributed by atoms with van der Waals surface area (Å²) in [7, 11) is -0.183. The van der Waals surface area contributed by atoms with Gasteiger partial charge in [-0.25, -0.2) is 0 Å². The number of hydrogen-bond donors (Lipinski definition) is 0. The van der Waals surface area contributed by atoms with Crippen LogP contribution in [0.5, 0.6) is 0 Å². The SMILES string of the molecule is CC1(C)OB(c2ccc(C3CC3)s2)OC1(C)C. The van der Waals surface area contributed by atoms with E-state index in [1.165, 1.54) is 22.5 Å². The molecule has 0 spiro atoms. The van der Waals surface area contributed by atoms with Crippen molar-refractivity contribution in [2.24, 2.45) is 0 Å². The van der Waals surface area contributed by atoms with Gasteiger partial charge in [-0.05, 0) is 52.5 Å². The highest BCUT2D eigenvalue weighted by Crippen LogP contribution is 2.43. The molecule has 0 bridgehead atoms. The third-order valence-electron chi connectivity index (χ3n) is 4.11. The van der Waals surface area contributed by atoms with Crippen LogP contribution in [-0.2, 0) is 9.31 Å². The Balaban J connectivity index is 1.81. The lowest BCUT2D eigenvalue weighted by atomic mass is 9.88. The molecule has 1 aromatic rings. The van der Waals surface area contributed by atoms with E-state index in [0.717, 1.165) is 5.92 Å². The van der Waals surface area contributed by atoms with Crippen LogP contribution in [0.1, 0.15) is 51.3 Å². The molecule has 0 atom stereocenters. The molecule has 1 aliphatic heterocycles. The standard InChI is InChI=1S/C13H19BO2S/c1-12(2)13(3,4)16-14(15-12)11-8-7-10(17-11)9-5-6-9/h7-9H,5-6H2,1-4H3. The summed E-state index contributed by atoms with van der Waals surface area (Å²) in [6.45, 7) is 8.40. The van der Waals surface area contributed by atoms with Crippen LogP contribution in [-0.4, -0.2) is 18.3 Å². The predicted molar refractivity (Wildman–Crippen MR) is 72.0 cm³/mol. The Morgan fingerprint density at radius 1 is 1.12 bits per heavy atom. The normalized spacial score (nSPS) is 26.5. The molecule has 0 aromatic carbocycles. The van der Waals surface area contributed by atoms with Gasteiger partial charge in [0.2, 0.25) is 0 Å². The van der Waals surface area contributed by atoms with E-state index in [-0.39, 0.29) is 18.3 Å². The Morgan fingerprint density at radius 3 is 2.24 bits per heavy atom. The third kappa shape index (κ3) is 1.96. The van der Waals surface area contributed by atoms with Gasteiger partial charge >= 0.3 is 7.12 Å². The van der Waals surface area contributed by atoms with E-state index in [2.05, 4.69) is 39.8 Å². The van der Waals surface area contributed by atoms with Crippen LogP contribution in [0.2, 0.25) is 0 Å². The molecule has 2 aliphatic rings. The van der Waals surface area contributed by atoms with Crippen molar-refractivity contribution in [3.8, 4) is 0 Å². The maximum Gasteiger partial charge on any atom is 0.505 e. The first-order chi connectivity index (χ1) is 7.89. The van der Waals surface area contributed by atoms with Crippen molar-refractivity contribution in [1.29, 1.82) is 0 Å². The highest BCUT2D eigenvalue weighted by atomic mass is 32.1. The average molecular weight is 250 g/mol. The van der Waals surface area contributed by atoms with Crippen molar-refractivity contribution >= 4 is 23.2 Å². The summed E-state index contributed by atoms with van der Waals surface area (Å²) in [6, 6.07) is 4.41. The minimum Gasteiger partial charge on any atom is -0.399 e. The molecule has 1 saturated heterocycles. The number of thiophene rings is 1. The van der Waals surface area contributed by atoms with Gasteiger partial charge in [0.05, 0.1) is 11.2 Å². The van der Waals surface area contributed by atoms with E-state index in [0.29, 0.717) is 0 Å². The minimum absolute atomic E-state index is 0.183. The van der Waals surface area contributed by atoms with E-state index in [4.69, 9.17) is 9.31 Å². The van der Waals surface area contributed by atoms with E-state index in [1.54, 1.807) is 0 Å². The molecule has 2 fully saturated rings. The molecule has 0 N–H and O–H groups in total. The Bertz CT molecular complexity index is 418. The Hall–Kier alpha value is -0.315. The van der Waals surface area contributed by atoms with Crippen molar-refractivity contribution in [1.82, 2.24) is 0 Å². The molecular formula is C13H19BO2S. The molecule has 17 heavy (non-hydrogen) atoms. The minimum atomic E-state index is -0.235. The topological polar surface area (TPSA) is 18.5 Å². The zero-order valence-corrected chi connectivity index (χ0v) is 11.8. The molecule has 1 aliphatic carbocycles. The van der Waals surface area contributed by atoms with Crippen LogP contribution in [0.25, 0.3) is 0 Å². The summed E-state index contributed by atoms with van der Waals surface area (Å²) in [6.07, 6.45) is 2.70. The summed E-state index contributed by atoms with van der Waals surface area (Å²) >= 11 is 1.85. The molecule has 3 rings (SSSR count). The summed E-state index contributed by atoms with van der Waals surface area (Å²) < 4.78 is 13.3. The van der Waals surface area contributed by atoms with Gasteiger partial charge in [-0.3, -0.25) is 0 Å². The molecule has 1 saturated carbocycles. The van der Waals surface area contributed by atoms with E-state index >= 15 is 0 Å².